The summed E-state index contributed by atoms with van der Waals surface area (Å²) in [5, 5.41) is 3.37. The summed E-state index contributed by atoms with van der Waals surface area (Å²) in [5.41, 5.74) is 3.16. The van der Waals surface area contributed by atoms with Crippen molar-refractivity contribution in [1.29, 1.82) is 0 Å². The van der Waals surface area contributed by atoms with Gasteiger partial charge in [0.05, 0.1) is 12.8 Å². The van der Waals surface area contributed by atoms with E-state index in [0.717, 1.165) is 22.6 Å². The number of rotatable bonds is 3. The Bertz CT molecular complexity index is 814. The highest BCUT2D eigenvalue weighted by Crippen LogP contribution is 2.24. The first-order valence-corrected chi connectivity index (χ1v) is 7.57. The Morgan fingerprint density at radius 1 is 1.17 bits per heavy atom. The number of benzene rings is 2. The van der Waals surface area contributed by atoms with Crippen LogP contribution >= 0.6 is 12.2 Å². The van der Waals surface area contributed by atoms with Crippen molar-refractivity contribution in [2.45, 2.75) is 6.92 Å². The van der Waals surface area contributed by atoms with Crippen LogP contribution in [0.2, 0.25) is 0 Å². The molecule has 2 aromatic carbocycles. The molecule has 23 heavy (non-hydrogen) atoms. The molecule has 0 saturated carbocycles. The minimum absolute atomic E-state index is 0.164. The van der Waals surface area contributed by atoms with E-state index in [-0.39, 0.29) is 5.91 Å². The Labute approximate surface area is 140 Å². The maximum Gasteiger partial charge on any atom is 0.281 e. The SMILES string of the molecule is COc1cccc(/C=C2/NC(=S)N(c3cccc(C)c3)C2=O)c1. The lowest BCUT2D eigenvalue weighted by atomic mass is 10.1. The van der Waals surface area contributed by atoms with E-state index in [0.29, 0.717) is 10.8 Å². The zero-order valence-electron chi connectivity index (χ0n) is 12.9. The van der Waals surface area contributed by atoms with E-state index >= 15 is 0 Å². The number of aryl methyl sites for hydroxylation is 1. The van der Waals surface area contributed by atoms with Crippen molar-refractivity contribution in [3.63, 3.8) is 0 Å². The maximum absolute atomic E-state index is 12.7. The van der Waals surface area contributed by atoms with Gasteiger partial charge in [0.25, 0.3) is 5.91 Å². The van der Waals surface area contributed by atoms with Crippen LogP contribution in [0, 0.1) is 6.92 Å². The van der Waals surface area contributed by atoms with Crippen molar-refractivity contribution >= 4 is 35.0 Å². The molecule has 0 aliphatic carbocycles. The summed E-state index contributed by atoms with van der Waals surface area (Å²) in [4.78, 5) is 14.2. The van der Waals surface area contributed by atoms with Gasteiger partial charge in [0, 0.05) is 0 Å². The highest BCUT2D eigenvalue weighted by Gasteiger charge is 2.31. The predicted molar refractivity (Wildman–Crippen MR) is 95.4 cm³/mol. The molecule has 0 atom stereocenters. The quantitative estimate of drug-likeness (QED) is 0.695. The Hall–Kier alpha value is -2.66. The van der Waals surface area contributed by atoms with Crippen LogP contribution in [0.15, 0.2) is 54.2 Å². The van der Waals surface area contributed by atoms with Gasteiger partial charge in [0.15, 0.2) is 5.11 Å². The lowest BCUT2D eigenvalue weighted by Crippen LogP contribution is -2.30. The van der Waals surface area contributed by atoms with Crippen LogP contribution in [-0.2, 0) is 4.79 Å². The molecule has 1 amide bonds. The number of ether oxygens (including phenoxy) is 1. The molecule has 0 aromatic heterocycles. The van der Waals surface area contributed by atoms with E-state index in [1.54, 1.807) is 13.2 Å². The molecular formula is C18H16N2O2S. The molecule has 5 heteroatoms. The molecule has 0 spiro atoms. The predicted octanol–water partition coefficient (Wildman–Crippen LogP) is 3.27. The fourth-order valence-corrected chi connectivity index (χ4v) is 2.73. The van der Waals surface area contributed by atoms with E-state index in [2.05, 4.69) is 5.32 Å². The zero-order chi connectivity index (χ0) is 16.4. The number of thiocarbonyl (C=S) groups is 1. The highest BCUT2D eigenvalue weighted by molar-refractivity contribution is 7.80. The number of hydrogen-bond acceptors (Lipinski definition) is 3. The van der Waals surface area contributed by atoms with Crippen molar-refractivity contribution in [2.24, 2.45) is 0 Å². The fraction of sp³-hybridized carbons (Fsp3) is 0.111. The number of anilines is 1. The molecule has 116 valence electrons. The van der Waals surface area contributed by atoms with Gasteiger partial charge in [-0.1, -0.05) is 24.3 Å². The monoisotopic (exact) mass is 324 g/mol. The second kappa shape index (κ2) is 6.22. The summed E-state index contributed by atoms with van der Waals surface area (Å²) >= 11 is 5.31. The molecule has 1 fully saturated rings. The van der Waals surface area contributed by atoms with Crippen LogP contribution < -0.4 is 15.0 Å². The molecule has 0 unspecified atom stereocenters. The van der Waals surface area contributed by atoms with Crippen molar-refractivity contribution in [3.05, 3.63) is 65.4 Å². The molecule has 0 radical (unpaired) electrons. The number of nitrogens with one attached hydrogen (secondary N) is 1. The van der Waals surface area contributed by atoms with Gasteiger partial charge in [-0.25, -0.2) is 0 Å². The van der Waals surface area contributed by atoms with Gasteiger partial charge in [0.2, 0.25) is 0 Å². The van der Waals surface area contributed by atoms with Crippen molar-refractivity contribution < 1.29 is 9.53 Å². The van der Waals surface area contributed by atoms with Crippen LogP contribution in [-0.4, -0.2) is 18.1 Å². The number of carbonyl (C=O) groups excluding carboxylic acids is 1. The first-order valence-electron chi connectivity index (χ1n) is 7.16. The first-order chi connectivity index (χ1) is 11.1. The molecule has 1 aliphatic rings. The highest BCUT2D eigenvalue weighted by atomic mass is 32.1. The number of nitrogens with zero attached hydrogens (tertiary/aromatic N) is 1. The summed E-state index contributed by atoms with van der Waals surface area (Å²) in [6.45, 7) is 1.98. The number of amides is 1. The number of methoxy groups -OCH3 is 1. The van der Waals surface area contributed by atoms with Gasteiger partial charge in [-0.3, -0.25) is 9.69 Å². The number of carbonyl (C=O) groups is 1. The third-order valence-corrected chi connectivity index (χ3v) is 3.83. The smallest absolute Gasteiger partial charge is 0.281 e. The summed E-state index contributed by atoms with van der Waals surface area (Å²) in [5.74, 6) is 0.575. The third kappa shape index (κ3) is 3.10. The molecule has 1 N–H and O–H groups in total. The lowest BCUT2D eigenvalue weighted by Gasteiger charge is -2.14. The van der Waals surface area contributed by atoms with Gasteiger partial charge in [0.1, 0.15) is 11.4 Å². The van der Waals surface area contributed by atoms with Gasteiger partial charge < -0.3 is 10.1 Å². The summed E-state index contributed by atoms with van der Waals surface area (Å²) in [6, 6.07) is 15.2. The minimum Gasteiger partial charge on any atom is -0.497 e. The molecule has 1 aliphatic heterocycles. The second-order valence-corrected chi connectivity index (χ2v) is 5.63. The molecular weight excluding hydrogens is 308 g/mol. The van der Waals surface area contributed by atoms with Crippen LogP contribution in [0.1, 0.15) is 11.1 Å². The van der Waals surface area contributed by atoms with Gasteiger partial charge >= 0.3 is 0 Å². The summed E-state index contributed by atoms with van der Waals surface area (Å²) < 4.78 is 5.20. The summed E-state index contributed by atoms with van der Waals surface area (Å²) in [6.07, 6.45) is 1.77. The second-order valence-electron chi connectivity index (χ2n) is 5.24. The molecule has 4 nitrogen and oxygen atoms in total. The van der Waals surface area contributed by atoms with Crippen molar-refractivity contribution in [2.75, 3.05) is 12.0 Å². The van der Waals surface area contributed by atoms with Gasteiger partial charge in [-0.15, -0.1) is 0 Å². The van der Waals surface area contributed by atoms with E-state index in [1.165, 1.54) is 4.90 Å². The normalized spacial score (nSPS) is 15.9. The summed E-state index contributed by atoms with van der Waals surface area (Å²) in [7, 11) is 1.61. The Morgan fingerprint density at radius 3 is 2.70 bits per heavy atom. The van der Waals surface area contributed by atoms with Crippen LogP contribution in [0.25, 0.3) is 6.08 Å². The standard InChI is InChI=1S/C18H16N2O2S/c1-12-5-3-7-14(9-12)20-17(21)16(19-18(20)23)11-13-6-4-8-15(10-13)22-2/h3-11H,1-2H3,(H,19,23)/b16-11+. The van der Waals surface area contributed by atoms with Crippen LogP contribution in [0.5, 0.6) is 5.75 Å². The van der Waals surface area contributed by atoms with E-state index in [1.807, 2.05) is 55.5 Å². The first kappa shape index (κ1) is 15.2. The van der Waals surface area contributed by atoms with Gasteiger partial charge in [-0.2, -0.15) is 0 Å². The van der Waals surface area contributed by atoms with Crippen LogP contribution in [0.3, 0.4) is 0 Å². The van der Waals surface area contributed by atoms with Crippen molar-refractivity contribution in [3.8, 4) is 5.75 Å². The van der Waals surface area contributed by atoms with Crippen LogP contribution in [0.4, 0.5) is 5.69 Å². The van der Waals surface area contributed by atoms with Gasteiger partial charge in [-0.05, 0) is 60.6 Å². The molecule has 1 saturated heterocycles. The topological polar surface area (TPSA) is 41.6 Å². The van der Waals surface area contributed by atoms with E-state index < -0.39 is 0 Å². The van der Waals surface area contributed by atoms with E-state index in [9.17, 15) is 4.79 Å². The Kier molecular flexibility index (Phi) is 4.12. The zero-order valence-corrected chi connectivity index (χ0v) is 13.7. The van der Waals surface area contributed by atoms with Crippen molar-refractivity contribution in [1.82, 2.24) is 5.32 Å². The maximum atomic E-state index is 12.7. The third-order valence-electron chi connectivity index (χ3n) is 3.54. The Morgan fingerprint density at radius 2 is 1.96 bits per heavy atom. The molecule has 0 bridgehead atoms. The Balaban J connectivity index is 1.93. The lowest BCUT2D eigenvalue weighted by molar-refractivity contribution is -0.113. The van der Waals surface area contributed by atoms with E-state index in [4.69, 9.17) is 17.0 Å². The average Bonchev–Trinajstić information content (AvgIpc) is 2.81. The fourth-order valence-electron chi connectivity index (χ4n) is 2.43. The molecule has 2 aromatic rings. The average molecular weight is 324 g/mol. The minimum atomic E-state index is -0.164. The molecule has 3 rings (SSSR count). The molecule has 1 heterocycles. The largest absolute Gasteiger partial charge is 0.497 e. The number of hydrogen-bond donors (Lipinski definition) is 1.